The Kier molecular flexibility index (Phi) is 10.6. The van der Waals surface area contributed by atoms with Crippen molar-refractivity contribution >= 4 is 35.9 Å². The number of carbonyl (C=O) groups is 3. The Balaban J connectivity index is 0.000000552. The minimum absolute atomic E-state index is 0. The Morgan fingerprint density at radius 2 is 1.77 bits per heavy atom. The van der Waals surface area contributed by atoms with E-state index in [4.69, 9.17) is 19.8 Å². The van der Waals surface area contributed by atoms with Gasteiger partial charge in [0.2, 0.25) is 5.91 Å². The van der Waals surface area contributed by atoms with Gasteiger partial charge in [-0.3, -0.25) is 4.79 Å². The zero-order valence-corrected chi connectivity index (χ0v) is 21.2. The van der Waals surface area contributed by atoms with E-state index < -0.39 is 11.9 Å². The third-order valence-electron chi connectivity index (χ3n) is 6.71. The predicted octanol–water partition coefficient (Wildman–Crippen LogP) is 5.04. The van der Waals surface area contributed by atoms with Crippen LogP contribution in [-0.4, -0.2) is 52.1 Å². The van der Waals surface area contributed by atoms with Crippen molar-refractivity contribution in [3.63, 3.8) is 0 Å². The molecule has 2 aliphatic carbocycles. The van der Waals surface area contributed by atoms with Gasteiger partial charge in [-0.2, -0.15) is 0 Å². The summed E-state index contributed by atoms with van der Waals surface area (Å²) in [4.78, 5) is 35.7. The SMILES string of the molecule is CCC(=O)N(c1ccccc1)[C@@H]1CCN(C2=C3CC=CC=C3CCC2)C[C@@H]1C.Cl.O=C(O)C(=O)O. The molecule has 0 aromatic heterocycles. The van der Waals surface area contributed by atoms with Crippen LogP contribution < -0.4 is 4.90 Å². The second-order valence-electron chi connectivity index (χ2n) is 8.95. The van der Waals surface area contributed by atoms with Crippen molar-refractivity contribution in [2.24, 2.45) is 5.92 Å². The van der Waals surface area contributed by atoms with Gasteiger partial charge in [0.25, 0.3) is 0 Å². The Bertz CT molecular complexity index is 990. The van der Waals surface area contributed by atoms with Crippen LogP contribution in [-0.2, 0) is 14.4 Å². The number of fused-ring (bicyclic) bond motifs is 1. The molecule has 2 atom stereocenters. The highest BCUT2D eigenvalue weighted by Gasteiger charge is 2.35. The fraction of sp³-hybridized carbons (Fsp3) is 0.444. The molecule has 1 amide bonds. The van der Waals surface area contributed by atoms with Crippen molar-refractivity contribution in [3.8, 4) is 0 Å². The van der Waals surface area contributed by atoms with Crippen LogP contribution in [0.5, 0.6) is 0 Å². The standard InChI is InChI=1S/C25H32N2O.C2H2O4.ClH/c1-3-25(28)27(21-12-5-4-6-13-21)23-16-17-26(18-19(23)2)24-15-9-11-20-10-7-8-14-22(20)24;3-1(4)2(5)6;/h4-8,10,12-13,19,23H,3,9,11,14-18H2,1-2H3;(H,3,4)(H,5,6);1H/t19-,23+;;/m0../s1. The van der Waals surface area contributed by atoms with Crippen molar-refractivity contribution in [2.45, 2.75) is 58.4 Å². The average molecular weight is 503 g/mol. The number of carboxylic acid groups (broad SMARTS) is 2. The molecule has 8 heteroatoms. The number of benzene rings is 1. The van der Waals surface area contributed by atoms with E-state index in [-0.39, 0.29) is 24.4 Å². The number of nitrogens with zero attached hydrogens (tertiary/aromatic N) is 2. The molecule has 1 aliphatic heterocycles. The van der Waals surface area contributed by atoms with Crippen molar-refractivity contribution in [2.75, 3.05) is 18.0 Å². The normalized spacial score (nSPS) is 21.0. The topological polar surface area (TPSA) is 98.2 Å². The maximum atomic E-state index is 12.8. The summed E-state index contributed by atoms with van der Waals surface area (Å²) in [7, 11) is 0. The highest BCUT2D eigenvalue weighted by Crippen LogP contribution is 2.38. The van der Waals surface area contributed by atoms with Gasteiger partial charge >= 0.3 is 11.9 Å². The first-order chi connectivity index (χ1) is 16.3. The molecule has 1 saturated heterocycles. The van der Waals surface area contributed by atoms with Crippen molar-refractivity contribution in [3.05, 3.63) is 65.4 Å². The number of rotatable bonds is 4. The Morgan fingerprint density at radius 1 is 1.09 bits per heavy atom. The molecule has 190 valence electrons. The second kappa shape index (κ2) is 13.1. The van der Waals surface area contributed by atoms with E-state index in [1.54, 1.807) is 16.8 Å². The Morgan fingerprint density at radius 3 is 2.37 bits per heavy atom. The van der Waals surface area contributed by atoms with Crippen LogP contribution in [0.15, 0.2) is 65.4 Å². The summed E-state index contributed by atoms with van der Waals surface area (Å²) in [5.74, 6) is -2.96. The van der Waals surface area contributed by atoms with Gasteiger partial charge in [-0.05, 0) is 61.3 Å². The predicted molar refractivity (Wildman–Crippen MR) is 139 cm³/mol. The molecule has 0 saturated carbocycles. The molecular formula is C27H35ClN2O5. The quantitative estimate of drug-likeness (QED) is 0.559. The fourth-order valence-corrected chi connectivity index (χ4v) is 5.13. The first-order valence-corrected chi connectivity index (χ1v) is 12.0. The number of halogens is 1. The summed E-state index contributed by atoms with van der Waals surface area (Å²) in [6, 6.07) is 10.5. The van der Waals surface area contributed by atoms with E-state index in [0.29, 0.717) is 12.3 Å². The maximum absolute atomic E-state index is 12.8. The molecule has 35 heavy (non-hydrogen) atoms. The molecule has 0 radical (unpaired) electrons. The minimum Gasteiger partial charge on any atom is -0.473 e. The monoisotopic (exact) mass is 502 g/mol. The van der Waals surface area contributed by atoms with E-state index in [0.717, 1.165) is 31.6 Å². The third kappa shape index (κ3) is 6.98. The first kappa shape index (κ1) is 28.2. The number of para-hydroxylation sites is 1. The zero-order valence-electron chi connectivity index (χ0n) is 20.4. The van der Waals surface area contributed by atoms with Gasteiger partial charge in [0.05, 0.1) is 0 Å². The fourth-order valence-electron chi connectivity index (χ4n) is 5.13. The van der Waals surface area contributed by atoms with Crippen LogP contribution in [0.3, 0.4) is 0 Å². The number of amides is 1. The first-order valence-electron chi connectivity index (χ1n) is 12.0. The molecule has 1 aromatic carbocycles. The van der Waals surface area contributed by atoms with E-state index in [9.17, 15) is 4.79 Å². The number of carboxylic acids is 2. The van der Waals surface area contributed by atoms with Crippen LogP contribution in [0, 0.1) is 5.92 Å². The average Bonchev–Trinajstić information content (AvgIpc) is 2.85. The summed E-state index contributed by atoms with van der Waals surface area (Å²) in [6.07, 6.45) is 13.2. The molecular weight excluding hydrogens is 468 g/mol. The number of allylic oxidation sites excluding steroid dienone is 6. The van der Waals surface area contributed by atoms with Gasteiger partial charge in [0.15, 0.2) is 0 Å². The van der Waals surface area contributed by atoms with Gasteiger partial charge < -0.3 is 20.0 Å². The number of likely N-dealkylation sites (tertiary alicyclic amines) is 1. The molecule has 0 unspecified atom stereocenters. The highest BCUT2D eigenvalue weighted by atomic mass is 35.5. The lowest BCUT2D eigenvalue weighted by Crippen LogP contribution is -2.52. The lowest BCUT2D eigenvalue weighted by molar-refractivity contribution is -0.159. The van der Waals surface area contributed by atoms with E-state index in [1.807, 2.05) is 25.1 Å². The van der Waals surface area contributed by atoms with Crippen LogP contribution in [0.1, 0.15) is 52.4 Å². The second-order valence-corrected chi connectivity index (χ2v) is 8.95. The smallest absolute Gasteiger partial charge is 0.414 e. The molecule has 4 rings (SSSR count). The van der Waals surface area contributed by atoms with Gasteiger partial charge in [-0.1, -0.05) is 50.3 Å². The molecule has 0 spiro atoms. The zero-order chi connectivity index (χ0) is 24.7. The Hall–Kier alpha value is -3.06. The van der Waals surface area contributed by atoms with Gasteiger partial charge in [0.1, 0.15) is 0 Å². The van der Waals surface area contributed by atoms with Crippen molar-refractivity contribution in [1.82, 2.24) is 4.90 Å². The molecule has 7 nitrogen and oxygen atoms in total. The molecule has 1 fully saturated rings. The molecule has 1 heterocycles. The summed E-state index contributed by atoms with van der Waals surface area (Å²) in [6.45, 7) is 6.38. The van der Waals surface area contributed by atoms with Crippen molar-refractivity contribution in [1.29, 1.82) is 0 Å². The Labute approximate surface area is 213 Å². The molecule has 0 bridgehead atoms. The molecule has 3 aliphatic rings. The molecule has 1 aromatic rings. The summed E-state index contributed by atoms with van der Waals surface area (Å²) in [5, 5.41) is 14.8. The lowest BCUT2D eigenvalue weighted by atomic mass is 9.84. The minimum atomic E-state index is -1.82. The maximum Gasteiger partial charge on any atom is 0.414 e. The summed E-state index contributed by atoms with van der Waals surface area (Å²) >= 11 is 0. The number of hydrogen-bond acceptors (Lipinski definition) is 4. The van der Waals surface area contributed by atoms with Gasteiger partial charge in [0, 0.05) is 36.9 Å². The van der Waals surface area contributed by atoms with E-state index >= 15 is 0 Å². The number of carbonyl (C=O) groups excluding carboxylic acids is 1. The van der Waals surface area contributed by atoms with Crippen LogP contribution in [0.25, 0.3) is 0 Å². The van der Waals surface area contributed by atoms with Gasteiger partial charge in [-0.25, -0.2) is 9.59 Å². The number of anilines is 1. The highest BCUT2D eigenvalue weighted by molar-refractivity contribution is 6.27. The summed E-state index contributed by atoms with van der Waals surface area (Å²) < 4.78 is 0. The van der Waals surface area contributed by atoms with Crippen molar-refractivity contribution < 1.29 is 24.6 Å². The molecule has 2 N–H and O–H groups in total. The van der Waals surface area contributed by atoms with Crippen LogP contribution in [0.2, 0.25) is 0 Å². The van der Waals surface area contributed by atoms with Crippen LogP contribution in [0.4, 0.5) is 5.69 Å². The lowest BCUT2D eigenvalue weighted by Gasteiger charge is -2.45. The van der Waals surface area contributed by atoms with Gasteiger partial charge in [-0.15, -0.1) is 12.4 Å². The van der Waals surface area contributed by atoms with Crippen LogP contribution >= 0.6 is 12.4 Å². The number of aliphatic carboxylic acids is 2. The van der Waals surface area contributed by atoms with E-state index in [1.165, 1.54) is 19.3 Å². The summed E-state index contributed by atoms with van der Waals surface area (Å²) in [5.41, 5.74) is 5.73. The van der Waals surface area contributed by atoms with E-state index in [2.05, 4.69) is 47.1 Å². The number of piperidine rings is 1. The third-order valence-corrected chi connectivity index (χ3v) is 6.71. The number of hydrogen-bond donors (Lipinski definition) is 2. The largest absolute Gasteiger partial charge is 0.473 e.